The van der Waals surface area contributed by atoms with Gasteiger partial charge in [0.1, 0.15) is 5.75 Å². The Morgan fingerprint density at radius 2 is 1.79 bits per heavy atom. The number of hydrogen-bond donors (Lipinski definition) is 1. The number of rotatable bonds is 6. The predicted octanol–water partition coefficient (Wildman–Crippen LogP) is 5.61. The number of hydrogen-bond acceptors (Lipinski definition) is 6. The highest BCUT2D eigenvalue weighted by Gasteiger charge is 2.17. The van der Waals surface area contributed by atoms with Crippen LogP contribution in [0.5, 0.6) is 23.0 Å². The molecular weight excluding hydrogens is 428 g/mol. The van der Waals surface area contributed by atoms with E-state index in [9.17, 15) is 15.2 Å². The second-order valence-electron chi connectivity index (χ2n) is 5.62. The van der Waals surface area contributed by atoms with Gasteiger partial charge >= 0.3 is 5.69 Å². The molecule has 28 heavy (non-hydrogen) atoms. The third-order valence-electron chi connectivity index (χ3n) is 3.77. The molecule has 0 fully saturated rings. The predicted molar refractivity (Wildman–Crippen MR) is 109 cm³/mol. The average Bonchev–Trinajstić information content (AvgIpc) is 2.69. The van der Waals surface area contributed by atoms with Crippen molar-refractivity contribution in [2.75, 3.05) is 7.11 Å². The molecule has 8 heteroatoms. The highest BCUT2D eigenvalue weighted by atomic mass is 79.9. The second-order valence-corrected chi connectivity index (χ2v) is 6.54. The van der Waals surface area contributed by atoms with Gasteiger partial charge in [0.2, 0.25) is 5.75 Å². The van der Waals surface area contributed by atoms with E-state index in [-0.39, 0.29) is 5.56 Å². The zero-order valence-corrected chi connectivity index (χ0v) is 16.3. The van der Waals surface area contributed by atoms with Gasteiger partial charge < -0.3 is 14.6 Å². The Labute approximate surface area is 169 Å². The van der Waals surface area contributed by atoms with Crippen LogP contribution in [-0.2, 0) is 0 Å². The van der Waals surface area contributed by atoms with Gasteiger partial charge in [-0.1, -0.05) is 28.1 Å². The SMILES string of the molecule is COc1ccccc1Oc1ccc(N=Cc2cc(Br)cc([N+](=O)[O-])c2O)cc1. The first-order valence-electron chi connectivity index (χ1n) is 8.10. The van der Waals surface area contributed by atoms with Crippen molar-refractivity contribution in [3.8, 4) is 23.0 Å². The summed E-state index contributed by atoms with van der Waals surface area (Å²) in [5.41, 5.74) is 0.432. The molecule has 0 aromatic heterocycles. The van der Waals surface area contributed by atoms with Crippen molar-refractivity contribution in [3.63, 3.8) is 0 Å². The molecule has 0 heterocycles. The van der Waals surface area contributed by atoms with Crippen LogP contribution in [0.3, 0.4) is 0 Å². The fraction of sp³-hybridized carbons (Fsp3) is 0.0500. The standard InChI is InChI=1S/C20H15BrN2O5/c1-27-18-4-2-3-5-19(18)28-16-8-6-15(7-9-16)22-12-13-10-14(21)11-17(20(13)24)23(25)26/h2-12,24H,1H3. The number of benzene rings is 3. The molecule has 7 nitrogen and oxygen atoms in total. The molecule has 0 bridgehead atoms. The third kappa shape index (κ3) is 4.47. The fourth-order valence-corrected chi connectivity index (χ4v) is 2.88. The number of para-hydroxylation sites is 2. The van der Waals surface area contributed by atoms with E-state index in [1.54, 1.807) is 49.6 Å². The number of phenolic OH excluding ortho intramolecular Hbond substituents is 1. The monoisotopic (exact) mass is 442 g/mol. The number of aliphatic imine (C=N–C) groups is 1. The molecule has 0 aliphatic heterocycles. The number of nitro benzene ring substituents is 1. The van der Waals surface area contributed by atoms with Gasteiger partial charge in [0, 0.05) is 22.3 Å². The number of ether oxygens (including phenoxy) is 2. The van der Waals surface area contributed by atoms with Gasteiger partial charge in [-0.3, -0.25) is 15.1 Å². The maximum atomic E-state index is 11.0. The van der Waals surface area contributed by atoms with Crippen LogP contribution in [0, 0.1) is 10.1 Å². The van der Waals surface area contributed by atoms with Crippen molar-refractivity contribution < 1.29 is 19.5 Å². The molecule has 0 spiro atoms. The van der Waals surface area contributed by atoms with Crippen LogP contribution in [0.1, 0.15) is 5.56 Å². The Kier molecular flexibility index (Phi) is 5.90. The molecule has 0 saturated carbocycles. The summed E-state index contributed by atoms with van der Waals surface area (Å²) in [4.78, 5) is 14.6. The minimum atomic E-state index is -0.651. The number of nitrogens with zero attached hydrogens (tertiary/aromatic N) is 2. The Morgan fingerprint density at radius 1 is 1.11 bits per heavy atom. The highest BCUT2D eigenvalue weighted by molar-refractivity contribution is 9.10. The topological polar surface area (TPSA) is 94.2 Å². The first-order valence-corrected chi connectivity index (χ1v) is 8.89. The quantitative estimate of drug-likeness (QED) is 0.304. The van der Waals surface area contributed by atoms with Crippen molar-refractivity contribution in [2.45, 2.75) is 0 Å². The summed E-state index contributed by atoms with van der Waals surface area (Å²) in [7, 11) is 1.57. The molecular formula is C20H15BrN2O5. The summed E-state index contributed by atoms with van der Waals surface area (Å²) in [6, 6.07) is 17.0. The van der Waals surface area contributed by atoms with E-state index in [0.29, 0.717) is 27.4 Å². The van der Waals surface area contributed by atoms with Crippen LogP contribution in [0.25, 0.3) is 0 Å². The van der Waals surface area contributed by atoms with E-state index < -0.39 is 16.4 Å². The summed E-state index contributed by atoms with van der Waals surface area (Å²) in [5.74, 6) is 1.38. The minimum Gasteiger partial charge on any atom is -0.502 e. The largest absolute Gasteiger partial charge is 0.502 e. The number of methoxy groups -OCH3 is 1. The van der Waals surface area contributed by atoms with Crippen LogP contribution in [0.4, 0.5) is 11.4 Å². The van der Waals surface area contributed by atoms with Crippen molar-refractivity contribution in [1.82, 2.24) is 0 Å². The summed E-state index contributed by atoms with van der Waals surface area (Å²) < 4.78 is 11.5. The van der Waals surface area contributed by atoms with Crippen molar-refractivity contribution in [2.24, 2.45) is 4.99 Å². The Hall–Kier alpha value is -3.39. The number of nitro groups is 1. The van der Waals surface area contributed by atoms with E-state index in [4.69, 9.17) is 9.47 Å². The molecule has 3 aromatic rings. The van der Waals surface area contributed by atoms with Crippen molar-refractivity contribution >= 4 is 33.5 Å². The van der Waals surface area contributed by atoms with Crippen molar-refractivity contribution in [3.05, 3.63) is 80.8 Å². The highest BCUT2D eigenvalue weighted by Crippen LogP contribution is 2.34. The lowest BCUT2D eigenvalue weighted by atomic mass is 10.2. The maximum absolute atomic E-state index is 11.0. The molecule has 0 amide bonds. The summed E-state index contributed by atoms with van der Waals surface area (Å²) in [5, 5.41) is 21.0. The molecule has 0 aliphatic rings. The van der Waals surface area contributed by atoms with Gasteiger partial charge in [-0.15, -0.1) is 0 Å². The first-order chi connectivity index (χ1) is 13.5. The van der Waals surface area contributed by atoms with Crippen LogP contribution in [0.15, 0.2) is 70.1 Å². The number of aromatic hydroxyl groups is 1. The van der Waals surface area contributed by atoms with E-state index in [2.05, 4.69) is 20.9 Å². The number of phenols is 1. The van der Waals surface area contributed by atoms with Crippen LogP contribution >= 0.6 is 15.9 Å². The molecule has 0 radical (unpaired) electrons. The van der Waals surface area contributed by atoms with Gasteiger partial charge in [0.05, 0.1) is 17.7 Å². The van der Waals surface area contributed by atoms with Gasteiger partial charge in [0.15, 0.2) is 11.5 Å². The zero-order valence-electron chi connectivity index (χ0n) is 14.7. The molecule has 3 aromatic carbocycles. The molecule has 0 unspecified atom stereocenters. The van der Waals surface area contributed by atoms with Gasteiger partial charge in [-0.05, 0) is 42.5 Å². The summed E-state index contributed by atoms with van der Waals surface area (Å²) in [6.45, 7) is 0. The summed E-state index contributed by atoms with van der Waals surface area (Å²) >= 11 is 3.19. The van der Waals surface area contributed by atoms with E-state index >= 15 is 0 Å². The molecule has 142 valence electrons. The van der Waals surface area contributed by atoms with Gasteiger partial charge in [-0.2, -0.15) is 0 Å². The average molecular weight is 443 g/mol. The molecule has 1 N–H and O–H groups in total. The maximum Gasteiger partial charge on any atom is 0.312 e. The Balaban J connectivity index is 1.79. The van der Waals surface area contributed by atoms with Gasteiger partial charge in [0.25, 0.3) is 0 Å². The molecule has 3 rings (SSSR count). The first kappa shape index (κ1) is 19.4. The van der Waals surface area contributed by atoms with Crippen LogP contribution in [0.2, 0.25) is 0 Å². The smallest absolute Gasteiger partial charge is 0.312 e. The Morgan fingerprint density at radius 3 is 2.43 bits per heavy atom. The van der Waals surface area contributed by atoms with Crippen LogP contribution < -0.4 is 9.47 Å². The minimum absolute atomic E-state index is 0.232. The molecule has 0 aliphatic carbocycles. The second kappa shape index (κ2) is 8.53. The lowest BCUT2D eigenvalue weighted by Gasteiger charge is -2.09. The van der Waals surface area contributed by atoms with Crippen molar-refractivity contribution in [1.29, 1.82) is 0 Å². The third-order valence-corrected chi connectivity index (χ3v) is 4.22. The summed E-state index contributed by atoms with van der Waals surface area (Å²) in [6.07, 6.45) is 1.36. The fourth-order valence-electron chi connectivity index (χ4n) is 2.42. The zero-order chi connectivity index (χ0) is 20.1. The lowest BCUT2D eigenvalue weighted by molar-refractivity contribution is -0.385. The van der Waals surface area contributed by atoms with Gasteiger partial charge in [-0.25, -0.2) is 0 Å². The van der Waals surface area contributed by atoms with Crippen LogP contribution in [-0.4, -0.2) is 23.4 Å². The normalized spacial score (nSPS) is 10.8. The Bertz CT molecular complexity index is 1040. The van der Waals surface area contributed by atoms with E-state index in [1.807, 2.05) is 12.1 Å². The van der Waals surface area contributed by atoms with E-state index in [0.717, 1.165) is 0 Å². The molecule has 0 atom stereocenters. The van der Waals surface area contributed by atoms with E-state index in [1.165, 1.54) is 12.3 Å². The lowest BCUT2D eigenvalue weighted by Crippen LogP contribution is -1.92. The molecule has 0 saturated heterocycles. The number of halogens is 1.